The van der Waals surface area contributed by atoms with Crippen molar-refractivity contribution in [2.45, 2.75) is 26.7 Å². The molecule has 0 aromatic heterocycles. The SMILES string of the molecule is CC(C)CCC(=O)Nc1cc(F)c(Br)cc1F. The highest BCUT2D eigenvalue weighted by Crippen LogP contribution is 2.23. The highest BCUT2D eigenvalue weighted by molar-refractivity contribution is 9.10. The fraction of sp³-hybridized carbons (Fsp3) is 0.417. The molecule has 0 bridgehead atoms. The van der Waals surface area contributed by atoms with Gasteiger partial charge in [0.15, 0.2) is 0 Å². The van der Waals surface area contributed by atoms with Crippen LogP contribution in [0.5, 0.6) is 0 Å². The molecule has 0 spiro atoms. The zero-order chi connectivity index (χ0) is 13.0. The number of nitrogens with one attached hydrogen (secondary N) is 1. The maximum absolute atomic E-state index is 13.4. The smallest absolute Gasteiger partial charge is 0.224 e. The van der Waals surface area contributed by atoms with E-state index in [0.717, 1.165) is 12.1 Å². The zero-order valence-corrected chi connectivity index (χ0v) is 11.3. The summed E-state index contributed by atoms with van der Waals surface area (Å²) >= 11 is 2.87. The summed E-state index contributed by atoms with van der Waals surface area (Å²) in [6.07, 6.45) is 1.02. The summed E-state index contributed by atoms with van der Waals surface area (Å²) in [5.41, 5.74) is -0.126. The first kappa shape index (κ1) is 14.1. The Labute approximate surface area is 108 Å². The topological polar surface area (TPSA) is 29.1 Å². The zero-order valence-electron chi connectivity index (χ0n) is 9.69. The minimum atomic E-state index is -0.656. The summed E-state index contributed by atoms with van der Waals surface area (Å²) in [4.78, 5) is 11.5. The van der Waals surface area contributed by atoms with Crippen molar-refractivity contribution < 1.29 is 13.6 Å². The van der Waals surface area contributed by atoms with Crippen LogP contribution in [0.25, 0.3) is 0 Å². The molecule has 0 atom stereocenters. The van der Waals surface area contributed by atoms with E-state index in [4.69, 9.17) is 0 Å². The highest BCUT2D eigenvalue weighted by atomic mass is 79.9. The third-order valence-corrected chi connectivity index (χ3v) is 2.84. The number of benzene rings is 1. The molecular formula is C12H14BrF2NO. The molecule has 1 aromatic rings. The molecule has 0 fully saturated rings. The lowest BCUT2D eigenvalue weighted by molar-refractivity contribution is -0.116. The van der Waals surface area contributed by atoms with Gasteiger partial charge in [-0.3, -0.25) is 4.79 Å². The molecule has 94 valence electrons. The molecule has 0 heterocycles. The van der Waals surface area contributed by atoms with Gasteiger partial charge in [-0.1, -0.05) is 13.8 Å². The third kappa shape index (κ3) is 4.42. The van der Waals surface area contributed by atoms with Gasteiger partial charge in [-0.15, -0.1) is 0 Å². The Morgan fingerprint density at radius 1 is 1.35 bits per heavy atom. The average molecular weight is 306 g/mol. The van der Waals surface area contributed by atoms with E-state index >= 15 is 0 Å². The number of halogens is 3. The number of rotatable bonds is 4. The minimum absolute atomic E-state index is 0.0372. The summed E-state index contributed by atoms with van der Waals surface area (Å²) in [6, 6.07) is 1.96. The fourth-order valence-electron chi connectivity index (χ4n) is 1.25. The van der Waals surface area contributed by atoms with Crippen molar-refractivity contribution in [1.29, 1.82) is 0 Å². The summed E-state index contributed by atoms with van der Waals surface area (Å²) < 4.78 is 26.6. The van der Waals surface area contributed by atoms with Crippen molar-refractivity contribution in [3.8, 4) is 0 Å². The van der Waals surface area contributed by atoms with E-state index in [1.807, 2.05) is 13.8 Å². The average Bonchev–Trinajstić information content (AvgIpc) is 2.23. The largest absolute Gasteiger partial charge is 0.324 e. The van der Waals surface area contributed by atoms with Gasteiger partial charge >= 0.3 is 0 Å². The molecule has 0 aliphatic carbocycles. The van der Waals surface area contributed by atoms with Crippen LogP contribution < -0.4 is 5.32 Å². The first-order valence-electron chi connectivity index (χ1n) is 5.34. The molecule has 5 heteroatoms. The van der Waals surface area contributed by atoms with Crippen LogP contribution in [0.1, 0.15) is 26.7 Å². The molecule has 1 rings (SSSR count). The molecule has 0 radical (unpaired) electrons. The van der Waals surface area contributed by atoms with Crippen molar-refractivity contribution in [3.05, 3.63) is 28.2 Å². The summed E-state index contributed by atoms with van der Waals surface area (Å²) in [5.74, 6) is -1.17. The molecule has 0 saturated heterocycles. The minimum Gasteiger partial charge on any atom is -0.324 e. The first-order chi connectivity index (χ1) is 7.90. The molecular weight excluding hydrogens is 292 g/mol. The molecule has 0 saturated carbocycles. The number of carbonyl (C=O) groups excluding carboxylic acids is 1. The second kappa shape index (κ2) is 6.10. The number of hydrogen-bond donors (Lipinski definition) is 1. The van der Waals surface area contributed by atoms with Crippen LogP contribution in [0.4, 0.5) is 14.5 Å². The Morgan fingerprint density at radius 3 is 2.59 bits per heavy atom. The van der Waals surface area contributed by atoms with Crippen LogP contribution in [-0.2, 0) is 4.79 Å². The van der Waals surface area contributed by atoms with Gasteiger partial charge in [0.2, 0.25) is 5.91 Å². The van der Waals surface area contributed by atoms with E-state index in [9.17, 15) is 13.6 Å². The predicted molar refractivity (Wildman–Crippen MR) is 66.8 cm³/mol. The van der Waals surface area contributed by atoms with E-state index in [1.54, 1.807) is 0 Å². The lowest BCUT2D eigenvalue weighted by Gasteiger charge is -2.08. The van der Waals surface area contributed by atoms with Crippen molar-refractivity contribution >= 4 is 27.5 Å². The van der Waals surface area contributed by atoms with Crippen molar-refractivity contribution in [1.82, 2.24) is 0 Å². The number of carbonyl (C=O) groups is 1. The van der Waals surface area contributed by atoms with Crippen LogP contribution in [0, 0.1) is 17.6 Å². The van der Waals surface area contributed by atoms with Gasteiger partial charge in [-0.25, -0.2) is 8.78 Å². The second-order valence-electron chi connectivity index (χ2n) is 4.23. The maximum Gasteiger partial charge on any atom is 0.224 e. The Kier molecular flexibility index (Phi) is 5.05. The van der Waals surface area contributed by atoms with E-state index in [-0.39, 0.29) is 16.1 Å². The normalized spacial score (nSPS) is 10.7. The lowest BCUT2D eigenvalue weighted by Crippen LogP contribution is -2.13. The lowest BCUT2D eigenvalue weighted by atomic mass is 10.1. The molecule has 1 N–H and O–H groups in total. The van der Waals surface area contributed by atoms with Crippen LogP contribution in [0.3, 0.4) is 0 Å². The Hall–Kier alpha value is -0.970. The number of hydrogen-bond acceptors (Lipinski definition) is 1. The number of anilines is 1. The first-order valence-corrected chi connectivity index (χ1v) is 6.14. The quantitative estimate of drug-likeness (QED) is 0.834. The summed E-state index contributed by atoms with van der Waals surface area (Å²) in [5, 5.41) is 2.36. The van der Waals surface area contributed by atoms with Gasteiger partial charge in [-0.05, 0) is 34.3 Å². The summed E-state index contributed by atoms with van der Waals surface area (Å²) in [7, 11) is 0. The van der Waals surface area contributed by atoms with E-state index < -0.39 is 11.6 Å². The molecule has 0 unspecified atom stereocenters. The predicted octanol–water partition coefficient (Wildman–Crippen LogP) is 4.10. The summed E-state index contributed by atoms with van der Waals surface area (Å²) in [6.45, 7) is 3.99. The van der Waals surface area contributed by atoms with Crippen molar-refractivity contribution in [2.75, 3.05) is 5.32 Å². The van der Waals surface area contributed by atoms with E-state index in [0.29, 0.717) is 18.8 Å². The molecule has 2 nitrogen and oxygen atoms in total. The molecule has 0 aliphatic heterocycles. The van der Waals surface area contributed by atoms with Gasteiger partial charge in [0.25, 0.3) is 0 Å². The van der Waals surface area contributed by atoms with Gasteiger partial charge in [0, 0.05) is 12.5 Å². The molecule has 17 heavy (non-hydrogen) atoms. The standard InChI is InChI=1S/C12H14BrF2NO/c1-7(2)3-4-12(17)16-11-6-9(14)8(13)5-10(11)15/h5-7H,3-4H2,1-2H3,(H,16,17). The second-order valence-corrected chi connectivity index (χ2v) is 5.08. The van der Waals surface area contributed by atoms with Crippen LogP contribution in [0.2, 0.25) is 0 Å². The monoisotopic (exact) mass is 305 g/mol. The van der Waals surface area contributed by atoms with E-state index in [2.05, 4.69) is 21.2 Å². The van der Waals surface area contributed by atoms with Gasteiger partial charge < -0.3 is 5.32 Å². The fourth-order valence-corrected chi connectivity index (χ4v) is 1.57. The molecule has 0 aliphatic rings. The highest BCUT2D eigenvalue weighted by Gasteiger charge is 2.11. The van der Waals surface area contributed by atoms with Gasteiger partial charge in [0.1, 0.15) is 11.6 Å². The number of amides is 1. The van der Waals surface area contributed by atoms with Crippen LogP contribution >= 0.6 is 15.9 Å². The Balaban J connectivity index is 2.68. The molecule has 1 amide bonds. The Morgan fingerprint density at radius 2 is 2.00 bits per heavy atom. The third-order valence-electron chi connectivity index (χ3n) is 2.23. The maximum atomic E-state index is 13.4. The van der Waals surface area contributed by atoms with Gasteiger partial charge in [0.05, 0.1) is 10.2 Å². The van der Waals surface area contributed by atoms with Crippen LogP contribution in [0.15, 0.2) is 16.6 Å². The van der Waals surface area contributed by atoms with E-state index in [1.165, 1.54) is 0 Å². The van der Waals surface area contributed by atoms with Crippen molar-refractivity contribution in [2.24, 2.45) is 5.92 Å². The van der Waals surface area contributed by atoms with Gasteiger partial charge in [-0.2, -0.15) is 0 Å². The Bertz CT molecular complexity index is 421. The van der Waals surface area contributed by atoms with Crippen LogP contribution in [-0.4, -0.2) is 5.91 Å². The molecule has 1 aromatic carbocycles. The van der Waals surface area contributed by atoms with Crippen molar-refractivity contribution in [3.63, 3.8) is 0 Å².